The smallest absolute Gasteiger partial charge is 0.336 e. The quantitative estimate of drug-likeness (QED) is 0.789. The van der Waals surface area contributed by atoms with Crippen LogP contribution in [0.4, 0.5) is 5.82 Å². The minimum absolute atomic E-state index is 0.335. The summed E-state index contributed by atoms with van der Waals surface area (Å²) in [6.07, 6.45) is -0.545. The molecule has 5 nitrogen and oxygen atoms in total. The summed E-state index contributed by atoms with van der Waals surface area (Å²) < 4.78 is 10.2. The number of hydrogen-bond acceptors (Lipinski definition) is 5. The first-order chi connectivity index (χ1) is 10.2. The SMILES string of the molecule is COC(=O)C1CN(c2nc3ccccc3cc2C)CCO1. The molecule has 1 aliphatic heterocycles. The van der Waals surface area contributed by atoms with Crippen LogP contribution in [0.5, 0.6) is 0 Å². The molecular weight excluding hydrogens is 268 g/mol. The number of esters is 1. The molecule has 3 rings (SSSR count). The monoisotopic (exact) mass is 286 g/mol. The highest BCUT2D eigenvalue weighted by molar-refractivity contribution is 5.82. The molecule has 0 aliphatic carbocycles. The Morgan fingerprint density at radius 1 is 1.43 bits per heavy atom. The van der Waals surface area contributed by atoms with Gasteiger partial charge in [-0.15, -0.1) is 0 Å². The van der Waals surface area contributed by atoms with Crippen LogP contribution in [0.15, 0.2) is 30.3 Å². The van der Waals surface area contributed by atoms with Crippen LogP contribution in [-0.2, 0) is 14.3 Å². The molecule has 0 bridgehead atoms. The number of hydrogen-bond donors (Lipinski definition) is 0. The van der Waals surface area contributed by atoms with Crippen LogP contribution in [0.2, 0.25) is 0 Å². The molecule has 1 fully saturated rings. The van der Waals surface area contributed by atoms with Crippen molar-refractivity contribution in [2.75, 3.05) is 31.7 Å². The molecule has 0 radical (unpaired) electrons. The van der Waals surface area contributed by atoms with E-state index in [9.17, 15) is 4.79 Å². The fourth-order valence-corrected chi connectivity index (χ4v) is 2.65. The zero-order valence-electron chi connectivity index (χ0n) is 12.2. The first-order valence-electron chi connectivity index (χ1n) is 7.00. The molecule has 1 unspecified atom stereocenters. The molecule has 1 aromatic heterocycles. The van der Waals surface area contributed by atoms with Crippen molar-refractivity contribution in [3.05, 3.63) is 35.9 Å². The van der Waals surface area contributed by atoms with Crippen molar-refractivity contribution in [2.24, 2.45) is 0 Å². The van der Waals surface area contributed by atoms with Crippen LogP contribution in [-0.4, -0.2) is 43.9 Å². The van der Waals surface area contributed by atoms with Crippen molar-refractivity contribution in [2.45, 2.75) is 13.0 Å². The van der Waals surface area contributed by atoms with Gasteiger partial charge in [-0.3, -0.25) is 0 Å². The summed E-state index contributed by atoms with van der Waals surface area (Å²) in [5.41, 5.74) is 2.05. The second kappa shape index (κ2) is 5.69. The average molecular weight is 286 g/mol. The standard InChI is InChI=1S/C16H18N2O3/c1-11-9-12-5-3-4-6-13(12)17-15(11)18-7-8-21-14(10-18)16(19)20-2/h3-6,9,14H,7-8,10H2,1-2H3. The normalized spacial score (nSPS) is 18.8. The van der Waals surface area contributed by atoms with Gasteiger partial charge in [0.15, 0.2) is 6.10 Å². The Balaban J connectivity index is 1.92. The lowest BCUT2D eigenvalue weighted by Gasteiger charge is -2.33. The molecule has 2 heterocycles. The predicted molar refractivity (Wildman–Crippen MR) is 80.4 cm³/mol. The van der Waals surface area contributed by atoms with Gasteiger partial charge in [0, 0.05) is 11.9 Å². The molecule has 1 atom stereocenters. The van der Waals surface area contributed by atoms with Crippen LogP contribution in [0.25, 0.3) is 10.9 Å². The molecule has 0 saturated carbocycles. The van der Waals surface area contributed by atoms with E-state index in [1.165, 1.54) is 7.11 Å². The zero-order chi connectivity index (χ0) is 14.8. The van der Waals surface area contributed by atoms with Crippen LogP contribution < -0.4 is 4.90 Å². The van der Waals surface area contributed by atoms with E-state index < -0.39 is 6.10 Å². The lowest BCUT2D eigenvalue weighted by molar-refractivity contribution is -0.154. The Kier molecular flexibility index (Phi) is 3.75. The van der Waals surface area contributed by atoms with Gasteiger partial charge in [0.1, 0.15) is 5.82 Å². The predicted octanol–water partition coefficient (Wildman–Crippen LogP) is 1.92. The number of aromatic nitrogens is 1. The molecule has 2 aromatic rings. The van der Waals surface area contributed by atoms with Crippen molar-refractivity contribution >= 4 is 22.7 Å². The summed E-state index contributed by atoms with van der Waals surface area (Å²) in [5, 5.41) is 1.12. The van der Waals surface area contributed by atoms with Gasteiger partial charge in [0.2, 0.25) is 0 Å². The molecule has 1 saturated heterocycles. The summed E-state index contributed by atoms with van der Waals surface area (Å²) in [7, 11) is 1.38. The van der Waals surface area contributed by atoms with Gasteiger partial charge < -0.3 is 14.4 Å². The van der Waals surface area contributed by atoms with Crippen LogP contribution >= 0.6 is 0 Å². The number of ether oxygens (including phenoxy) is 2. The van der Waals surface area contributed by atoms with E-state index in [0.29, 0.717) is 13.2 Å². The van der Waals surface area contributed by atoms with Gasteiger partial charge in [-0.2, -0.15) is 0 Å². The summed E-state index contributed by atoms with van der Waals surface area (Å²) in [4.78, 5) is 18.5. The van der Waals surface area contributed by atoms with Crippen LogP contribution in [0, 0.1) is 6.92 Å². The van der Waals surface area contributed by atoms with E-state index in [-0.39, 0.29) is 5.97 Å². The van der Waals surface area contributed by atoms with E-state index in [2.05, 4.69) is 17.0 Å². The summed E-state index contributed by atoms with van der Waals surface area (Å²) in [6.45, 7) is 3.73. The van der Waals surface area contributed by atoms with Crippen molar-refractivity contribution < 1.29 is 14.3 Å². The molecule has 0 spiro atoms. The fraction of sp³-hybridized carbons (Fsp3) is 0.375. The Hall–Kier alpha value is -2.14. The minimum atomic E-state index is -0.545. The van der Waals surface area contributed by atoms with Crippen molar-refractivity contribution in [1.82, 2.24) is 4.98 Å². The second-order valence-corrected chi connectivity index (χ2v) is 5.15. The van der Waals surface area contributed by atoms with E-state index >= 15 is 0 Å². The van der Waals surface area contributed by atoms with E-state index in [0.717, 1.165) is 28.8 Å². The van der Waals surface area contributed by atoms with E-state index in [1.807, 2.05) is 25.1 Å². The van der Waals surface area contributed by atoms with Crippen molar-refractivity contribution in [3.63, 3.8) is 0 Å². The molecule has 110 valence electrons. The number of para-hydroxylation sites is 1. The number of anilines is 1. The lowest BCUT2D eigenvalue weighted by atomic mass is 10.1. The third kappa shape index (κ3) is 2.69. The van der Waals surface area contributed by atoms with Crippen LogP contribution in [0.1, 0.15) is 5.56 Å². The maximum absolute atomic E-state index is 11.6. The molecular formula is C16H18N2O3. The van der Waals surface area contributed by atoms with Crippen LogP contribution in [0.3, 0.4) is 0 Å². The third-order valence-electron chi connectivity index (χ3n) is 3.72. The van der Waals surface area contributed by atoms with Gasteiger partial charge in [0.05, 0.1) is 25.8 Å². The summed E-state index contributed by atoms with van der Waals surface area (Å²) >= 11 is 0. The lowest BCUT2D eigenvalue weighted by Crippen LogP contribution is -2.47. The molecule has 1 aromatic carbocycles. The molecule has 0 N–H and O–H groups in total. The second-order valence-electron chi connectivity index (χ2n) is 5.15. The largest absolute Gasteiger partial charge is 0.467 e. The summed E-state index contributed by atoms with van der Waals surface area (Å²) in [5.74, 6) is 0.573. The van der Waals surface area contributed by atoms with Gasteiger partial charge >= 0.3 is 5.97 Å². The Morgan fingerprint density at radius 3 is 3.05 bits per heavy atom. The van der Waals surface area contributed by atoms with E-state index in [4.69, 9.17) is 14.5 Å². The maximum Gasteiger partial charge on any atom is 0.336 e. The topological polar surface area (TPSA) is 51.7 Å². The molecule has 21 heavy (non-hydrogen) atoms. The van der Waals surface area contributed by atoms with Gasteiger partial charge in [-0.1, -0.05) is 18.2 Å². The number of carbonyl (C=O) groups is 1. The Labute approximate surface area is 123 Å². The highest BCUT2D eigenvalue weighted by Crippen LogP contribution is 2.24. The van der Waals surface area contributed by atoms with Crippen molar-refractivity contribution in [1.29, 1.82) is 0 Å². The Morgan fingerprint density at radius 2 is 2.24 bits per heavy atom. The molecule has 5 heteroatoms. The van der Waals surface area contributed by atoms with Gasteiger partial charge in [-0.25, -0.2) is 9.78 Å². The number of fused-ring (bicyclic) bond motifs is 1. The van der Waals surface area contributed by atoms with Gasteiger partial charge in [-0.05, 0) is 24.6 Å². The highest BCUT2D eigenvalue weighted by Gasteiger charge is 2.28. The number of benzene rings is 1. The summed E-state index contributed by atoms with van der Waals surface area (Å²) in [6, 6.07) is 10.2. The Bertz CT molecular complexity index is 672. The zero-order valence-corrected chi connectivity index (χ0v) is 12.2. The van der Waals surface area contributed by atoms with Crippen molar-refractivity contribution in [3.8, 4) is 0 Å². The van der Waals surface area contributed by atoms with E-state index in [1.54, 1.807) is 0 Å². The fourth-order valence-electron chi connectivity index (χ4n) is 2.65. The average Bonchev–Trinajstić information content (AvgIpc) is 2.53. The first-order valence-corrected chi connectivity index (χ1v) is 7.00. The number of nitrogens with zero attached hydrogens (tertiary/aromatic N) is 2. The minimum Gasteiger partial charge on any atom is -0.467 e. The highest BCUT2D eigenvalue weighted by atomic mass is 16.6. The number of morpholine rings is 1. The molecule has 0 amide bonds. The molecule has 1 aliphatic rings. The number of aryl methyl sites for hydroxylation is 1. The third-order valence-corrected chi connectivity index (χ3v) is 3.72. The maximum atomic E-state index is 11.6. The van der Waals surface area contributed by atoms with Gasteiger partial charge in [0.25, 0.3) is 0 Å². The number of carbonyl (C=O) groups excluding carboxylic acids is 1. The number of methoxy groups -OCH3 is 1. The number of pyridine rings is 1. The first kappa shape index (κ1) is 13.8. The number of rotatable bonds is 2.